The van der Waals surface area contributed by atoms with Crippen molar-refractivity contribution in [1.29, 1.82) is 0 Å². The van der Waals surface area contributed by atoms with E-state index in [0.29, 0.717) is 5.92 Å². The molecule has 0 aliphatic carbocycles. The van der Waals surface area contributed by atoms with Gasteiger partial charge in [-0.25, -0.2) is 0 Å². The number of guanidine groups is 1. The summed E-state index contributed by atoms with van der Waals surface area (Å²) >= 11 is 0. The Labute approximate surface area is 146 Å². The first-order chi connectivity index (χ1) is 11.7. The van der Waals surface area contributed by atoms with Gasteiger partial charge in [0.2, 0.25) is 0 Å². The zero-order chi connectivity index (χ0) is 17.4. The molecule has 5 nitrogen and oxygen atoms in total. The maximum absolute atomic E-state index is 5.31. The first-order valence-corrected chi connectivity index (χ1v) is 8.89. The molecule has 134 valence electrons. The van der Waals surface area contributed by atoms with E-state index in [1.807, 2.05) is 0 Å². The maximum atomic E-state index is 5.31. The summed E-state index contributed by atoms with van der Waals surface area (Å²) in [5.74, 6) is 1.64. The molecule has 2 unspecified atom stereocenters. The number of rotatable bonds is 7. The number of nitrogens with zero attached hydrogens (tertiary/aromatic N) is 3. The molecule has 1 saturated heterocycles. The van der Waals surface area contributed by atoms with Crippen LogP contribution in [0.15, 0.2) is 35.3 Å². The molecule has 0 spiro atoms. The molecule has 1 aliphatic rings. The molecule has 2 rings (SSSR count). The summed E-state index contributed by atoms with van der Waals surface area (Å²) in [6.45, 7) is 6.68. The SMILES string of the molecule is CCNC(=NCC(c1ccccc1)N(C)C)N1CCC(COC)C1. The van der Waals surface area contributed by atoms with E-state index in [9.17, 15) is 0 Å². The molecule has 1 aromatic rings. The van der Waals surface area contributed by atoms with Crippen molar-refractivity contribution in [2.24, 2.45) is 10.9 Å². The Morgan fingerprint density at radius 1 is 1.38 bits per heavy atom. The van der Waals surface area contributed by atoms with Crippen molar-refractivity contribution in [3.05, 3.63) is 35.9 Å². The molecular formula is C19H32N4O. The van der Waals surface area contributed by atoms with Gasteiger partial charge < -0.3 is 19.9 Å². The topological polar surface area (TPSA) is 40.1 Å². The van der Waals surface area contributed by atoms with Crippen molar-refractivity contribution < 1.29 is 4.74 Å². The molecule has 0 radical (unpaired) electrons. The summed E-state index contributed by atoms with van der Waals surface area (Å²) in [4.78, 5) is 9.54. The quantitative estimate of drug-likeness (QED) is 0.614. The Morgan fingerprint density at radius 3 is 2.75 bits per heavy atom. The number of benzene rings is 1. The lowest BCUT2D eigenvalue weighted by atomic mass is 10.1. The number of likely N-dealkylation sites (N-methyl/N-ethyl adjacent to an activating group) is 1. The first-order valence-electron chi connectivity index (χ1n) is 8.89. The highest BCUT2D eigenvalue weighted by Gasteiger charge is 2.25. The van der Waals surface area contributed by atoms with Gasteiger partial charge in [0.15, 0.2) is 5.96 Å². The molecule has 1 aromatic carbocycles. The maximum Gasteiger partial charge on any atom is 0.193 e. The van der Waals surface area contributed by atoms with Crippen LogP contribution in [-0.4, -0.2) is 69.8 Å². The molecule has 5 heteroatoms. The fraction of sp³-hybridized carbons (Fsp3) is 0.632. The second-order valence-electron chi connectivity index (χ2n) is 6.64. The molecule has 0 bridgehead atoms. The monoisotopic (exact) mass is 332 g/mol. The van der Waals surface area contributed by atoms with Crippen LogP contribution in [0.2, 0.25) is 0 Å². The molecular weight excluding hydrogens is 300 g/mol. The average Bonchev–Trinajstić information content (AvgIpc) is 3.03. The molecule has 1 N–H and O–H groups in total. The van der Waals surface area contributed by atoms with Gasteiger partial charge in [0.25, 0.3) is 0 Å². The minimum Gasteiger partial charge on any atom is -0.384 e. The van der Waals surface area contributed by atoms with E-state index < -0.39 is 0 Å². The van der Waals surface area contributed by atoms with Gasteiger partial charge >= 0.3 is 0 Å². The molecule has 0 aromatic heterocycles. The minimum absolute atomic E-state index is 0.289. The Kier molecular flexibility index (Phi) is 7.53. The van der Waals surface area contributed by atoms with Crippen molar-refractivity contribution in [2.45, 2.75) is 19.4 Å². The van der Waals surface area contributed by atoms with Gasteiger partial charge in [-0.1, -0.05) is 30.3 Å². The van der Waals surface area contributed by atoms with Crippen LogP contribution < -0.4 is 5.32 Å². The summed E-state index contributed by atoms with van der Waals surface area (Å²) < 4.78 is 5.31. The third-order valence-corrected chi connectivity index (χ3v) is 4.54. The third-order valence-electron chi connectivity index (χ3n) is 4.54. The highest BCUT2D eigenvalue weighted by atomic mass is 16.5. The van der Waals surface area contributed by atoms with E-state index in [1.54, 1.807) is 7.11 Å². The molecule has 1 fully saturated rings. The molecule has 0 saturated carbocycles. The molecule has 1 aliphatic heterocycles. The van der Waals surface area contributed by atoms with Crippen molar-refractivity contribution in [2.75, 3.05) is 54.0 Å². The first kappa shape index (κ1) is 18.7. The van der Waals surface area contributed by atoms with Gasteiger partial charge in [0.05, 0.1) is 19.2 Å². The summed E-state index contributed by atoms with van der Waals surface area (Å²) in [6, 6.07) is 10.9. The van der Waals surface area contributed by atoms with Crippen LogP contribution in [0.5, 0.6) is 0 Å². The number of likely N-dealkylation sites (tertiary alicyclic amines) is 1. The van der Waals surface area contributed by atoms with E-state index in [2.05, 4.69) is 66.5 Å². The zero-order valence-electron chi connectivity index (χ0n) is 15.5. The number of hydrogen-bond donors (Lipinski definition) is 1. The van der Waals surface area contributed by atoms with Crippen LogP contribution in [0.4, 0.5) is 0 Å². The normalized spacial score (nSPS) is 19.8. The second-order valence-corrected chi connectivity index (χ2v) is 6.64. The van der Waals surface area contributed by atoms with Crippen LogP contribution >= 0.6 is 0 Å². The number of hydrogen-bond acceptors (Lipinski definition) is 3. The van der Waals surface area contributed by atoms with Crippen molar-refractivity contribution in [3.63, 3.8) is 0 Å². The predicted octanol–water partition coefficient (Wildman–Crippen LogP) is 2.22. The van der Waals surface area contributed by atoms with Crippen LogP contribution in [0, 0.1) is 5.92 Å². The predicted molar refractivity (Wildman–Crippen MR) is 100 cm³/mol. The van der Waals surface area contributed by atoms with Crippen molar-refractivity contribution in [1.82, 2.24) is 15.1 Å². The fourth-order valence-corrected chi connectivity index (χ4v) is 3.24. The van der Waals surface area contributed by atoms with Crippen LogP contribution in [-0.2, 0) is 4.74 Å². The number of nitrogens with one attached hydrogen (secondary N) is 1. The fourth-order valence-electron chi connectivity index (χ4n) is 3.24. The van der Waals surface area contributed by atoms with E-state index in [0.717, 1.165) is 38.7 Å². The Balaban J connectivity index is 2.06. The smallest absolute Gasteiger partial charge is 0.193 e. The largest absolute Gasteiger partial charge is 0.384 e. The average molecular weight is 332 g/mol. The summed E-state index contributed by atoms with van der Waals surface area (Å²) in [7, 11) is 6.01. The molecule has 2 atom stereocenters. The summed E-state index contributed by atoms with van der Waals surface area (Å²) in [6.07, 6.45) is 1.17. The lowest BCUT2D eigenvalue weighted by Gasteiger charge is -2.26. The van der Waals surface area contributed by atoms with Crippen molar-refractivity contribution in [3.8, 4) is 0 Å². The van der Waals surface area contributed by atoms with Crippen LogP contribution in [0.3, 0.4) is 0 Å². The van der Waals surface area contributed by atoms with E-state index in [-0.39, 0.29) is 6.04 Å². The van der Waals surface area contributed by atoms with Gasteiger partial charge in [-0.05, 0) is 33.0 Å². The molecule has 0 amide bonds. The van der Waals surface area contributed by atoms with E-state index in [4.69, 9.17) is 9.73 Å². The molecule has 24 heavy (non-hydrogen) atoms. The lowest BCUT2D eigenvalue weighted by Crippen LogP contribution is -2.41. The third kappa shape index (κ3) is 5.21. The Morgan fingerprint density at radius 2 is 2.12 bits per heavy atom. The highest BCUT2D eigenvalue weighted by Crippen LogP contribution is 2.20. The van der Waals surface area contributed by atoms with E-state index in [1.165, 1.54) is 12.0 Å². The van der Waals surface area contributed by atoms with Crippen molar-refractivity contribution >= 4 is 5.96 Å². The molecule has 1 heterocycles. The van der Waals surface area contributed by atoms with E-state index >= 15 is 0 Å². The lowest BCUT2D eigenvalue weighted by molar-refractivity contribution is 0.157. The number of methoxy groups -OCH3 is 1. The van der Waals surface area contributed by atoms with Gasteiger partial charge in [-0.3, -0.25) is 4.99 Å². The second kappa shape index (κ2) is 9.64. The summed E-state index contributed by atoms with van der Waals surface area (Å²) in [5, 5.41) is 3.45. The van der Waals surface area contributed by atoms with Crippen LogP contribution in [0.25, 0.3) is 0 Å². The van der Waals surface area contributed by atoms with Gasteiger partial charge in [0, 0.05) is 32.7 Å². The Bertz CT molecular complexity index is 503. The standard InChI is InChI=1S/C19H32N4O/c1-5-20-19(23-12-11-16(14-23)15-24-4)21-13-18(22(2)3)17-9-7-6-8-10-17/h6-10,16,18H,5,11-15H2,1-4H3,(H,20,21). The highest BCUT2D eigenvalue weighted by molar-refractivity contribution is 5.80. The summed E-state index contributed by atoms with van der Waals surface area (Å²) in [5.41, 5.74) is 1.31. The zero-order valence-corrected chi connectivity index (χ0v) is 15.5. The van der Waals surface area contributed by atoms with Gasteiger partial charge in [-0.15, -0.1) is 0 Å². The van der Waals surface area contributed by atoms with Gasteiger partial charge in [0.1, 0.15) is 0 Å². The minimum atomic E-state index is 0.289. The number of ether oxygens (including phenoxy) is 1. The Hall–Kier alpha value is -1.59. The van der Waals surface area contributed by atoms with Crippen LogP contribution in [0.1, 0.15) is 24.9 Å². The number of aliphatic imine (C=N–C) groups is 1. The van der Waals surface area contributed by atoms with Gasteiger partial charge in [-0.2, -0.15) is 0 Å².